The van der Waals surface area contributed by atoms with Crippen molar-refractivity contribution in [1.82, 2.24) is 9.97 Å². The number of nitriles is 2. The van der Waals surface area contributed by atoms with Crippen LogP contribution in [0.1, 0.15) is 30.7 Å². The summed E-state index contributed by atoms with van der Waals surface area (Å²) in [6, 6.07) is 3.69. The minimum Gasteiger partial charge on any atom is -0.354 e. The molecule has 6 heteroatoms. The van der Waals surface area contributed by atoms with Gasteiger partial charge in [-0.3, -0.25) is 0 Å². The lowest BCUT2D eigenvalue weighted by atomic mass is 10.1. The Morgan fingerprint density at radius 3 is 2.18 bits per heavy atom. The zero-order valence-corrected chi connectivity index (χ0v) is 9.91. The molecule has 0 N–H and O–H groups in total. The van der Waals surface area contributed by atoms with Crippen LogP contribution in [-0.4, -0.2) is 23.1 Å². The normalized spacial score (nSPS) is 15.1. The quantitative estimate of drug-likeness (QED) is 0.757. The van der Waals surface area contributed by atoms with Gasteiger partial charge in [-0.2, -0.15) is 10.5 Å². The summed E-state index contributed by atoms with van der Waals surface area (Å²) in [6.07, 6.45) is 3.36. The van der Waals surface area contributed by atoms with Crippen LogP contribution in [0.15, 0.2) is 0 Å². The molecule has 2 heterocycles. The second kappa shape index (κ2) is 4.99. The zero-order valence-electron chi connectivity index (χ0n) is 9.15. The molecule has 0 radical (unpaired) electrons. The van der Waals surface area contributed by atoms with Crippen molar-refractivity contribution in [3.05, 3.63) is 16.5 Å². The largest absolute Gasteiger partial charge is 0.354 e. The Morgan fingerprint density at radius 2 is 1.59 bits per heavy atom. The van der Waals surface area contributed by atoms with Gasteiger partial charge in [-0.25, -0.2) is 9.97 Å². The summed E-state index contributed by atoms with van der Waals surface area (Å²) in [5.74, 6) is 0.516. The Hall–Kier alpha value is -1.85. The average molecular weight is 248 g/mol. The number of nitrogens with zero attached hydrogens (tertiary/aromatic N) is 5. The van der Waals surface area contributed by atoms with E-state index in [1.165, 1.54) is 6.42 Å². The van der Waals surface area contributed by atoms with Gasteiger partial charge in [-0.15, -0.1) is 0 Å². The fraction of sp³-hybridized carbons (Fsp3) is 0.455. The van der Waals surface area contributed by atoms with Gasteiger partial charge in [0.15, 0.2) is 22.4 Å². The van der Waals surface area contributed by atoms with E-state index in [2.05, 4.69) is 9.97 Å². The van der Waals surface area contributed by atoms with Gasteiger partial charge in [-0.05, 0) is 19.3 Å². The Bertz CT molecular complexity index is 508. The van der Waals surface area contributed by atoms with Crippen LogP contribution >= 0.6 is 11.6 Å². The summed E-state index contributed by atoms with van der Waals surface area (Å²) in [7, 11) is 0. The molecule has 17 heavy (non-hydrogen) atoms. The third-order valence-electron chi connectivity index (χ3n) is 2.70. The summed E-state index contributed by atoms with van der Waals surface area (Å²) in [6.45, 7) is 1.73. The van der Waals surface area contributed by atoms with E-state index in [4.69, 9.17) is 22.1 Å². The van der Waals surface area contributed by atoms with Crippen LogP contribution in [-0.2, 0) is 0 Å². The molecule has 0 spiro atoms. The maximum Gasteiger partial charge on any atom is 0.179 e. The molecule has 1 aliphatic rings. The number of halogens is 1. The summed E-state index contributed by atoms with van der Waals surface area (Å²) in [5, 5.41) is 17.9. The average Bonchev–Trinajstić information content (AvgIpc) is 2.39. The lowest BCUT2D eigenvalue weighted by Gasteiger charge is -2.28. The molecule has 0 unspecified atom stereocenters. The topological polar surface area (TPSA) is 76.6 Å². The lowest BCUT2D eigenvalue weighted by Crippen LogP contribution is -2.31. The Labute approximate surface area is 104 Å². The maximum atomic E-state index is 8.90. The van der Waals surface area contributed by atoms with Gasteiger partial charge in [0.1, 0.15) is 12.1 Å². The Kier molecular flexibility index (Phi) is 3.41. The summed E-state index contributed by atoms with van der Waals surface area (Å²) < 4.78 is 0. The van der Waals surface area contributed by atoms with E-state index in [0.717, 1.165) is 25.9 Å². The van der Waals surface area contributed by atoms with Gasteiger partial charge in [0.05, 0.1) is 0 Å². The van der Waals surface area contributed by atoms with Crippen LogP contribution in [0, 0.1) is 22.7 Å². The smallest absolute Gasteiger partial charge is 0.179 e. The summed E-state index contributed by atoms with van der Waals surface area (Å²) in [5.41, 5.74) is 0.0238. The minimum atomic E-state index is -0.0155. The first-order chi connectivity index (χ1) is 8.26. The molecule has 0 bridgehead atoms. The predicted octanol–water partition coefficient (Wildman–Crippen LogP) is 1.86. The Balaban J connectivity index is 2.41. The molecule has 0 amide bonds. The van der Waals surface area contributed by atoms with E-state index in [1.54, 1.807) is 0 Å². The van der Waals surface area contributed by atoms with Gasteiger partial charge in [-0.1, -0.05) is 11.6 Å². The first-order valence-electron chi connectivity index (χ1n) is 5.39. The SMILES string of the molecule is N#Cc1nc(Cl)c(N2CCCCC2)nc1C#N. The van der Waals surface area contributed by atoms with Crippen LogP contribution in [0.5, 0.6) is 0 Å². The molecular weight excluding hydrogens is 238 g/mol. The number of piperidine rings is 1. The van der Waals surface area contributed by atoms with Crippen molar-refractivity contribution in [1.29, 1.82) is 10.5 Å². The van der Waals surface area contributed by atoms with E-state index < -0.39 is 0 Å². The third kappa shape index (κ3) is 2.30. The highest BCUT2D eigenvalue weighted by Crippen LogP contribution is 2.25. The molecule has 0 aliphatic carbocycles. The fourth-order valence-electron chi connectivity index (χ4n) is 1.87. The molecule has 1 saturated heterocycles. The van der Waals surface area contributed by atoms with Crippen LogP contribution < -0.4 is 4.90 Å². The van der Waals surface area contributed by atoms with Crippen molar-refractivity contribution >= 4 is 17.4 Å². The number of anilines is 1. The fourth-order valence-corrected chi connectivity index (χ4v) is 2.12. The summed E-state index contributed by atoms with van der Waals surface area (Å²) >= 11 is 5.99. The second-order valence-electron chi connectivity index (χ2n) is 3.81. The number of aromatic nitrogens is 2. The zero-order chi connectivity index (χ0) is 12.3. The van der Waals surface area contributed by atoms with Gasteiger partial charge >= 0.3 is 0 Å². The van der Waals surface area contributed by atoms with Gasteiger partial charge in [0.25, 0.3) is 0 Å². The van der Waals surface area contributed by atoms with Gasteiger partial charge in [0.2, 0.25) is 0 Å². The van der Waals surface area contributed by atoms with E-state index in [0.29, 0.717) is 5.82 Å². The number of rotatable bonds is 1. The molecular formula is C11H10ClN5. The highest BCUT2D eigenvalue weighted by Gasteiger charge is 2.19. The van der Waals surface area contributed by atoms with Crippen LogP contribution in [0.25, 0.3) is 0 Å². The van der Waals surface area contributed by atoms with E-state index in [9.17, 15) is 0 Å². The van der Waals surface area contributed by atoms with Crippen LogP contribution in [0.2, 0.25) is 5.15 Å². The highest BCUT2D eigenvalue weighted by atomic mass is 35.5. The minimum absolute atomic E-state index is 0.0155. The number of hydrogen-bond donors (Lipinski definition) is 0. The van der Waals surface area contributed by atoms with Crippen molar-refractivity contribution < 1.29 is 0 Å². The molecule has 86 valence electrons. The van der Waals surface area contributed by atoms with E-state index >= 15 is 0 Å². The Morgan fingerprint density at radius 1 is 1.00 bits per heavy atom. The van der Waals surface area contributed by atoms with Crippen LogP contribution in [0.3, 0.4) is 0 Å². The molecule has 2 rings (SSSR count). The maximum absolute atomic E-state index is 8.90. The molecule has 1 fully saturated rings. The standard InChI is InChI=1S/C11H10ClN5/c12-10-11(17-4-2-1-3-5-17)16-9(7-14)8(6-13)15-10/h1-5H2. The molecule has 5 nitrogen and oxygen atoms in total. The molecule has 1 aromatic heterocycles. The van der Waals surface area contributed by atoms with E-state index in [1.807, 2.05) is 17.0 Å². The third-order valence-corrected chi connectivity index (χ3v) is 2.96. The molecule has 1 aliphatic heterocycles. The first kappa shape index (κ1) is 11.6. The summed E-state index contributed by atoms with van der Waals surface area (Å²) in [4.78, 5) is 10.1. The predicted molar refractivity (Wildman–Crippen MR) is 62.5 cm³/mol. The van der Waals surface area contributed by atoms with Crippen molar-refractivity contribution in [3.8, 4) is 12.1 Å². The van der Waals surface area contributed by atoms with Gasteiger partial charge < -0.3 is 4.90 Å². The molecule has 1 aromatic rings. The van der Waals surface area contributed by atoms with Crippen LogP contribution in [0.4, 0.5) is 5.82 Å². The van der Waals surface area contributed by atoms with Gasteiger partial charge in [0, 0.05) is 13.1 Å². The van der Waals surface area contributed by atoms with Crippen molar-refractivity contribution in [2.45, 2.75) is 19.3 Å². The van der Waals surface area contributed by atoms with Crippen molar-refractivity contribution in [3.63, 3.8) is 0 Å². The van der Waals surface area contributed by atoms with Crippen molar-refractivity contribution in [2.75, 3.05) is 18.0 Å². The lowest BCUT2D eigenvalue weighted by molar-refractivity contribution is 0.572. The first-order valence-corrected chi connectivity index (χ1v) is 5.76. The van der Waals surface area contributed by atoms with Crippen molar-refractivity contribution in [2.24, 2.45) is 0 Å². The monoisotopic (exact) mass is 247 g/mol. The molecule has 0 atom stereocenters. The second-order valence-corrected chi connectivity index (χ2v) is 4.16. The molecule has 0 aromatic carbocycles. The number of hydrogen-bond acceptors (Lipinski definition) is 5. The molecule has 0 saturated carbocycles. The highest BCUT2D eigenvalue weighted by molar-refractivity contribution is 6.31. The van der Waals surface area contributed by atoms with E-state index in [-0.39, 0.29) is 16.5 Å².